The van der Waals surface area contributed by atoms with Crippen LogP contribution in [0.2, 0.25) is 0 Å². The lowest BCUT2D eigenvalue weighted by Gasteiger charge is -2.31. The number of ether oxygens (including phenoxy) is 1. The number of likely N-dealkylation sites (N-methyl/N-ethyl adjacent to an activating group) is 1. The zero-order valence-electron chi connectivity index (χ0n) is 12.9. The third-order valence-corrected chi connectivity index (χ3v) is 3.94. The number of piperidine rings is 1. The molecule has 1 fully saturated rings. The number of hydrogen-bond donors (Lipinski definition) is 1. The summed E-state index contributed by atoms with van der Waals surface area (Å²) in [5.41, 5.74) is 0. The minimum Gasteiger partial charge on any atom is -0.385 e. The SMILES string of the molecule is COCCCn1cnnc1CNC(=O)[C@H]1CCCCN1C. The van der Waals surface area contributed by atoms with Crippen LogP contribution >= 0.6 is 0 Å². The maximum atomic E-state index is 12.2. The van der Waals surface area contributed by atoms with E-state index >= 15 is 0 Å². The van der Waals surface area contributed by atoms with Gasteiger partial charge in [-0.05, 0) is 32.9 Å². The standard InChI is InChI=1S/C14H25N5O2/c1-18-7-4-3-6-12(18)14(20)15-10-13-17-16-11-19(13)8-5-9-21-2/h11-12H,3-10H2,1-2H3,(H,15,20)/t12-/m1/s1. The zero-order chi connectivity index (χ0) is 15.1. The van der Waals surface area contributed by atoms with Crippen LogP contribution in [-0.4, -0.2) is 58.9 Å². The summed E-state index contributed by atoms with van der Waals surface area (Å²) in [4.78, 5) is 14.4. The molecular formula is C14H25N5O2. The number of rotatable bonds is 7. The van der Waals surface area contributed by atoms with Crippen LogP contribution < -0.4 is 5.32 Å². The molecule has 1 aromatic rings. The third kappa shape index (κ3) is 4.50. The summed E-state index contributed by atoms with van der Waals surface area (Å²) in [5.74, 6) is 0.876. The minimum atomic E-state index is -0.0105. The molecule has 0 aromatic carbocycles. The van der Waals surface area contributed by atoms with Gasteiger partial charge in [-0.15, -0.1) is 10.2 Å². The van der Waals surface area contributed by atoms with E-state index in [1.54, 1.807) is 13.4 Å². The van der Waals surface area contributed by atoms with Crippen LogP contribution in [0.15, 0.2) is 6.33 Å². The van der Waals surface area contributed by atoms with Crippen molar-refractivity contribution in [3.63, 3.8) is 0 Å². The summed E-state index contributed by atoms with van der Waals surface area (Å²) in [6.07, 6.45) is 5.83. The van der Waals surface area contributed by atoms with Gasteiger partial charge in [0.15, 0.2) is 5.82 Å². The Balaban J connectivity index is 1.82. The molecule has 0 bridgehead atoms. The maximum absolute atomic E-state index is 12.2. The molecule has 1 aliphatic rings. The Labute approximate surface area is 125 Å². The number of nitrogens with one attached hydrogen (secondary N) is 1. The molecule has 2 rings (SSSR count). The van der Waals surface area contributed by atoms with Gasteiger partial charge in [0.1, 0.15) is 6.33 Å². The van der Waals surface area contributed by atoms with Crippen LogP contribution in [0.4, 0.5) is 0 Å². The smallest absolute Gasteiger partial charge is 0.237 e. The van der Waals surface area contributed by atoms with E-state index in [-0.39, 0.29) is 11.9 Å². The number of aryl methyl sites for hydroxylation is 1. The maximum Gasteiger partial charge on any atom is 0.237 e. The second-order valence-corrected chi connectivity index (χ2v) is 5.50. The first kappa shape index (κ1) is 15.9. The van der Waals surface area contributed by atoms with Crippen LogP contribution in [0, 0.1) is 0 Å². The summed E-state index contributed by atoms with van der Waals surface area (Å²) >= 11 is 0. The van der Waals surface area contributed by atoms with E-state index in [1.165, 1.54) is 6.42 Å². The van der Waals surface area contributed by atoms with Crippen molar-refractivity contribution in [2.24, 2.45) is 0 Å². The van der Waals surface area contributed by atoms with Gasteiger partial charge in [0.05, 0.1) is 12.6 Å². The fourth-order valence-electron chi connectivity index (χ4n) is 2.67. The number of carbonyl (C=O) groups is 1. The lowest BCUT2D eigenvalue weighted by molar-refractivity contribution is -0.127. The molecule has 0 radical (unpaired) electrons. The second kappa shape index (κ2) is 8.09. The molecule has 7 heteroatoms. The summed E-state index contributed by atoms with van der Waals surface area (Å²) in [5, 5.41) is 11.0. The van der Waals surface area contributed by atoms with Crippen molar-refractivity contribution in [2.45, 2.75) is 44.8 Å². The number of amides is 1. The fourth-order valence-corrected chi connectivity index (χ4v) is 2.67. The van der Waals surface area contributed by atoms with E-state index < -0.39 is 0 Å². The number of methoxy groups -OCH3 is 1. The van der Waals surface area contributed by atoms with Gasteiger partial charge >= 0.3 is 0 Å². The summed E-state index contributed by atoms with van der Waals surface area (Å²) in [6, 6.07) is -0.0105. The van der Waals surface area contributed by atoms with E-state index in [4.69, 9.17) is 4.74 Å². The van der Waals surface area contributed by atoms with Crippen molar-refractivity contribution in [3.8, 4) is 0 Å². The van der Waals surface area contributed by atoms with Crippen molar-refractivity contribution in [2.75, 3.05) is 27.3 Å². The van der Waals surface area contributed by atoms with Gasteiger partial charge in [-0.3, -0.25) is 9.69 Å². The first-order valence-corrected chi connectivity index (χ1v) is 7.56. The molecule has 2 heterocycles. The van der Waals surface area contributed by atoms with Gasteiger partial charge in [-0.1, -0.05) is 6.42 Å². The van der Waals surface area contributed by atoms with Crippen molar-refractivity contribution >= 4 is 5.91 Å². The first-order valence-electron chi connectivity index (χ1n) is 7.56. The Kier molecular flexibility index (Phi) is 6.13. The van der Waals surface area contributed by atoms with Gasteiger partial charge < -0.3 is 14.6 Å². The average Bonchev–Trinajstić information content (AvgIpc) is 2.93. The highest BCUT2D eigenvalue weighted by Gasteiger charge is 2.25. The lowest BCUT2D eigenvalue weighted by Crippen LogP contribution is -2.47. The molecule has 1 N–H and O–H groups in total. The Morgan fingerprint density at radius 2 is 2.38 bits per heavy atom. The normalized spacial score (nSPS) is 19.6. The predicted molar refractivity (Wildman–Crippen MR) is 78.6 cm³/mol. The van der Waals surface area contributed by atoms with Gasteiger partial charge in [0.25, 0.3) is 0 Å². The number of hydrogen-bond acceptors (Lipinski definition) is 5. The Hall–Kier alpha value is -1.47. The predicted octanol–water partition coefficient (Wildman–Crippen LogP) is 0.415. The molecule has 1 amide bonds. The molecule has 1 atom stereocenters. The Bertz CT molecular complexity index is 448. The molecule has 0 unspecified atom stereocenters. The highest BCUT2D eigenvalue weighted by Crippen LogP contribution is 2.15. The van der Waals surface area contributed by atoms with E-state index in [1.807, 2.05) is 11.6 Å². The zero-order valence-corrected chi connectivity index (χ0v) is 12.9. The summed E-state index contributed by atoms with van der Waals surface area (Å²) in [7, 11) is 3.70. The molecule has 1 aromatic heterocycles. The van der Waals surface area contributed by atoms with Crippen molar-refractivity contribution < 1.29 is 9.53 Å². The topological polar surface area (TPSA) is 72.3 Å². The number of carbonyl (C=O) groups excluding carboxylic acids is 1. The molecule has 0 spiro atoms. The van der Waals surface area contributed by atoms with Crippen molar-refractivity contribution in [1.82, 2.24) is 25.0 Å². The van der Waals surface area contributed by atoms with Crippen molar-refractivity contribution in [1.29, 1.82) is 0 Å². The summed E-state index contributed by atoms with van der Waals surface area (Å²) in [6.45, 7) is 2.92. The third-order valence-electron chi connectivity index (χ3n) is 3.94. The Morgan fingerprint density at radius 3 is 3.14 bits per heavy atom. The average molecular weight is 295 g/mol. The molecule has 0 saturated carbocycles. The highest BCUT2D eigenvalue weighted by atomic mass is 16.5. The van der Waals surface area contributed by atoms with Gasteiger partial charge in [0, 0.05) is 20.3 Å². The second-order valence-electron chi connectivity index (χ2n) is 5.50. The van der Waals surface area contributed by atoms with Crippen LogP contribution in [0.1, 0.15) is 31.5 Å². The molecule has 118 valence electrons. The van der Waals surface area contributed by atoms with Crippen LogP contribution in [0.25, 0.3) is 0 Å². The largest absolute Gasteiger partial charge is 0.385 e. The van der Waals surface area contributed by atoms with E-state index in [2.05, 4.69) is 20.4 Å². The lowest BCUT2D eigenvalue weighted by atomic mass is 10.0. The summed E-state index contributed by atoms with van der Waals surface area (Å²) < 4.78 is 7.00. The molecule has 21 heavy (non-hydrogen) atoms. The van der Waals surface area contributed by atoms with Crippen molar-refractivity contribution in [3.05, 3.63) is 12.2 Å². The van der Waals surface area contributed by atoms with Crippen LogP contribution in [0.3, 0.4) is 0 Å². The Morgan fingerprint density at radius 1 is 1.52 bits per heavy atom. The molecule has 1 saturated heterocycles. The molecular weight excluding hydrogens is 270 g/mol. The number of nitrogens with zero attached hydrogens (tertiary/aromatic N) is 4. The van der Waals surface area contributed by atoms with Crippen LogP contribution in [0.5, 0.6) is 0 Å². The minimum absolute atomic E-state index is 0.0105. The van der Waals surface area contributed by atoms with Gasteiger partial charge in [-0.25, -0.2) is 0 Å². The first-order chi connectivity index (χ1) is 10.2. The molecule has 0 aliphatic carbocycles. The van der Waals surface area contributed by atoms with E-state index in [0.717, 1.165) is 38.2 Å². The van der Waals surface area contributed by atoms with Crippen LogP contribution in [-0.2, 0) is 22.6 Å². The molecule has 1 aliphatic heterocycles. The fraction of sp³-hybridized carbons (Fsp3) is 0.786. The van der Waals surface area contributed by atoms with Gasteiger partial charge in [-0.2, -0.15) is 0 Å². The van der Waals surface area contributed by atoms with E-state index in [0.29, 0.717) is 13.2 Å². The van der Waals surface area contributed by atoms with Gasteiger partial charge in [0.2, 0.25) is 5.91 Å². The number of likely N-dealkylation sites (tertiary alicyclic amines) is 1. The van der Waals surface area contributed by atoms with E-state index in [9.17, 15) is 4.79 Å². The number of aromatic nitrogens is 3. The highest BCUT2D eigenvalue weighted by molar-refractivity contribution is 5.81. The molecule has 7 nitrogen and oxygen atoms in total. The quantitative estimate of drug-likeness (QED) is 0.738. The monoisotopic (exact) mass is 295 g/mol.